The van der Waals surface area contributed by atoms with Gasteiger partial charge in [0.1, 0.15) is 10.1 Å². The van der Waals surface area contributed by atoms with E-state index in [1.807, 2.05) is 57.2 Å². The normalized spacial score (nSPS) is 11.4. The van der Waals surface area contributed by atoms with Gasteiger partial charge in [0.2, 0.25) is 5.88 Å². The summed E-state index contributed by atoms with van der Waals surface area (Å²) in [6, 6.07) is 14.8. The van der Waals surface area contributed by atoms with Crippen LogP contribution < -0.4 is 4.74 Å². The summed E-state index contributed by atoms with van der Waals surface area (Å²) in [7, 11) is 1.57. The Labute approximate surface area is 191 Å². The number of hydrogen-bond donors (Lipinski definition) is 1. The molecule has 0 fully saturated rings. The van der Waals surface area contributed by atoms with E-state index in [1.54, 1.807) is 23.9 Å². The number of carboxylic acid groups (broad SMARTS) is 1. The number of halogens is 1. The van der Waals surface area contributed by atoms with Gasteiger partial charge in [-0.15, -0.1) is 0 Å². The Morgan fingerprint density at radius 3 is 2.61 bits per heavy atom. The van der Waals surface area contributed by atoms with Crippen molar-refractivity contribution >= 4 is 29.5 Å². The number of nitrogens with zero attached hydrogens (tertiary/aromatic N) is 4. The molecular formula is C22H25ClN4O3S. The van der Waals surface area contributed by atoms with E-state index >= 15 is 0 Å². The van der Waals surface area contributed by atoms with Crippen molar-refractivity contribution in [1.29, 1.82) is 0 Å². The Bertz CT molecular complexity index is 1060. The maximum absolute atomic E-state index is 11.8. The molecule has 7 nitrogen and oxygen atoms in total. The molecule has 3 aromatic rings. The Kier molecular flexibility index (Phi) is 7.12. The van der Waals surface area contributed by atoms with Gasteiger partial charge in [0.15, 0.2) is 0 Å². The lowest BCUT2D eigenvalue weighted by Crippen LogP contribution is -2.36. The molecule has 2 heterocycles. The minimum absolute atomic E-state index is 0.170. The fourth-order valence-electron chi connectivity index (χ4n) is 2.99. The van der Waals surface area contributed by atoms with Gasteiger partial charge in [-0.25, -0.2) is 14.5 Å². The van der Waals surface area contributed by atoms with Crippen LogP contribution in [0.1, 0.15) is 26.5 Å². The van der Waals surface area contributed by atoms with Crippen molar-refractivity contribution in [3.8, 4) is 11.6 Å². The third-order valence-electron chi connectivity index (χ3n) is 4.21. The highest BCUT2D eigenvalue weighted by Crippen LogP contribution is 2.32. The van der Waals surface area contributed by atoms with Crippen LogP contribution in [0.4, 0.5) is 4.79 Å². The summed E-state index contributed by atoms with van der Waals surface area (Å²) >= 11 is 7.83. The summed E-state index contributed by atoms with van der Waals surface area (Å²) in [5, 5.41) is 16.4. The van der Waals surface area contributed by atoms with Crippen LogP contribution in [0.5, 0.6) is 5.88 Å². The summed E-state index contributed by atoms with van der Waals surface area (Å²) in [4.78, 5) is 17.6. The van der Waals surface area contributed by atoms with Gasteiger partial charge in [-0.3, -0.25) is 0 Å². The van der Waals surface area contributed by atoms with Crippen molar-refractivity contribution in [2.24, 2.45) is 5.41 Å². The Hall–Kier alpha value is -2.71. The zero-order valence-corrected chi connectivity index (χ0v) is 19.4. The van der Waals surface area contributed by atoms with Gasteiger partial charge in [0.25, 0.3) is 0 Å². The van der Waals surface area contributed by atoms with Crippen LogP contribution in [0.15, 0.2) is 58.6 Å². The molecule has 31 heavy (non-hydrogen) atoms. The van der Waals surface area contributed by atoms with Gasteiger partial charge in [0, 0.05) is 12.6 Å². The predicted molar refractivity (Wildman–Crippen MR) is 121 cm³/mol. The molecule has 0 saturated carbocycles. The van der Waals surface area contributed by atoms with Crippen LogP contribution in [-0.4, -0.2) is 44.5 Å². The number of para-hydroxylation sites is 1. The zero-order chi connectivity index (χ0) is 22.6. The molecule has 1 amide bonds. The first-order chi connectivity index (χ1) is 14.7. The standard InChI is InChI=1S/C22H25ClN4O3S/c1-22(2,3)14-26(21(28)29)13-15-12-20(31-19-11-7-10-18(24-19)30-4)27(25-15)17-9-6-5-8-16(17)23/h5-12H,13-14H2,1-4H3,(H,28,29). The molecular weight excluding hydrogens is 436 g/mol. The van der Waals surface area contributed by atoms with Crippen LogP contribution in [0.3, 0.4) is 0 Å². The molecule has 164 valence electrons. The van der Waals surface area contributed by atoms with E-state index in [4.69, 9.17) is 16.3 Å². The van der Waals surface area contributed by atoms with Crippen molar-refractivity contribution in [3.05, 3.63) is 59.2 Å². The molecule has 9 heteroatoms. The van der Waals surface area contributed by atoms with E-state index in [2.05, 4.69) is 10.1 Å². The number of benzene rings is 1. The highest BCUT2D eigenvalue weighted by Gasteiger charge is 2.23. The molecule has 0 aliphatic rings. The number of carbonyl (C=O) groups is 1. The number of methoxy groups -OCH3 is 1. The quantitative estimate of drug-likeness (QED) is 0.493. The van der Waals surface area contributed by atoms with Crippen LogP contribution >= 0.6 is 23.4 Å². The van der Waals surface area contributed by atoms with Crippen molar-refractivity contribution in [3.63, 3.8) is 0 Å². The van der Waals surface area contributed by atoms with E-state index in [-0.39, 0.29) is 12.0 Å². The van der Waals surface area contributed by atoms with Gasteiger partial charge in [-0.2, -0.15) is 5.10 Å². The summed E-state index contributed by atoms with van der Waals surface area (Å²) in [6.07, 6.45) is -0.981. The Morgan fingerprint density at radius 2 is 1.97 bits per heavy atom. The van der Waals surface area contributed by atoms with E-state index in [1.165, 1.54) is 16.7 Å². The Morgan fingerprint density at radius 1 is 1.23 bits per heavy atom. The molecule has 2 aromatic heterocycles. The van der Waals surface area contributed by atoms with Crippen LogP contribution in [0, 0.1) is 5.41 Å². The largest absolute Gasteiger partial charge is 0.481 e. The van der Waals surface area contributed by atoms with Crippen LogP contribution in [-0.2, 0) is 6.54 Å². The maximum Gasteiger partial charge on any atom is 0.407 e. The average molecular weight is 461 g/mol. The summed E-state index contributed by atoms with van der Waals surface area (Å²) in [5.41, 5.74) is 1.15. The second-order valence-electron chi connectivity index (χ2n) is 8.16. The first-order valence-electron chi connectivity index (χ1n) is 9.67. The second-order valence-corrected chi connectivity index (χ2v) is 9.60. The number of amides is 1. The van der Waals surface area contributed by atoms with Crippen molar-refractivity contribution in [2.45, 2.75) is 37.4 Å². The number of aromatic nitrogens is 3. The molecule has 1 aromatic carbocycles. The third kappa shape index (κ3) is 6.15. The summed E-state index contributed by atoms with van der Waals surface area (Å²) < 4.78 is 6.94. The van der Waals surface area contributed by atoms with E-state index in [0.29, 0.717) is 28.8 Å². The minimum atomic E-state index is -0.981. The first kappa shape index (κ1) is 23.0. The maximum atomic E-state index is 11.8. The minimum Gasteiger partial charge on any atom is -0.481 e. The molecule has 0 aliphatic carbocycles. The molecule has 0 saturated heterocycles. The highest BCUT2D eigenvalue weighted by atomic mass is 35.5. The van der Waals surface area contributed by atoms with Crippen molar-refractivity contribution in [1.82, 2.24) is 19.7 Å². The lowest BCUT2D eigenvalue weighted by atomic mass is 9.96. The summed E-state index contributed by atoms with van der Waals surface area (Å²) in [6.45, 7) is 6.56. The Balaban J connectivity index is 1.99. The smallest absolute Gasteiger partial charge is 0.407 e. The van der Waals surface area contributed by atoms with E-state index in [9.17, 15) is 9.90 Å². The zero-order valence-electron chi connectivity index (χ0n) is 17.9. The first-order valence-corrected chi connectivity index (χ1v) is 10.9. The van der Waals surface area contributed by atoms with E-state index in [0.717, 1.165) is 10.1 Å². The SMILES string of the molecule is COc1cccc(Sc2cc(CN(CC(C)(C)C)C(=O)O)nn2-c2ccccc2Cl)n1. The van der Waals surface area contributed by atoms with Crippen LogP contribution in [0.25, 0.3) is 5.69 Å². The molecule has 0 atom stereocenters. The number of ether oxygens (including phenoxy) is 1. The van der Waals surface area contributed by atoms with E-state index < -0.39 is 6.09 Å². The third-order valence-corrected chi connectivity index (χ3v) is 5.47. The van der Waals surface area contributed by atoms with Gasteiger partial charge in [-0.1, -0.05) is 50.6 Å². The predicted octanol–water partition coefficient (Wildman–Crippen LogP) is 5.61. The van der Waals surface area contributed by atoms with Crippen LogP contribution in [0.2, 0.25) is 5.02 Å². The van der Waals surface area contributed by atoms with Gasteiger partial charge < -0.3 is 14.7 Å². The molecule has 0 aliphatic heterocycles. The molecule has 0 unspecified atom stereocenters. The monoisotopic (exact) mass is 460 g/mol. The topological polar surface area (TPSA) is 80.5 Å². The number of pyridine rings is 1. The van der Waals surface area contributed by atoms with Gasteiger partial charge in [0.05, 0.1) is 30.1 Å². The number of hydrogen-bond acceptors (Lipinski definition) is 5. The lowest BCUT2D eigenvalue weighted by Gasteiger charge is -2.27. The molecule has 0 bridgehead atoms. The average Bonchev–Trinajstić information content (AvgIpc) is 3.08. The highest BCUT2D eigenvalue weighted by molar-refractivity contribution is 7.99. The second kappa shape index (κ2) is 9.62. The molecule has 0 radical (unpaired) electrons. The fraction of sp³-hybridized carbons (Fsp3) is 0.318. The summed E-state index contributed by atoms with van der Waals surface area (Å²) in [5.74, 6) is 0.510. The van der Waals surface area contributed by atoms with Gasteiger partial charge >= 0.3 is 6.09 Å². The number of rotatable bonds is 7. The van der Waals surface area contributed by atoms with Crippen molar-refractivity contribution in [2.75, 3.05) is 13.7 Å². The molecule has 0 spiro atoms. The molecule has 1 N–H and O–H groups in total. The lowest BCUT2D eigenvalue weighted by molar-refractivity contribution is 0.122. The molecule has 3 rings (SSSR count). The van der Waals surface area contributed by atoms with Crippen molar-refractivity contribution < 1.29 is 14.6 Å². The fourth-order valence-corrected chi connectivity index (χ4v) is 4.12. The van der Waals surface area contributed by atoms with Gasteiger partial charge in [-0.05, 0) is 41.4 Å².